The molecule has 0 fully saturated rings. The highest BCUT2D eigenvalue weighted by atomic mass is 32.2. The van der Waals surface area contributed by atoms with Crippen LogP contribution in [0.4, 0.5) is 0 Å². The molecule has 12 heavy (non-hydrogen) atoms. The zero-order chi connectivity index (χ0) is 8.39. The molecule has 0 radical (unpaired) electrons. The molecule has 0 amide bonds. The van der Waals surface area contributed by atoms with Crippen molar-refractivity contribution in [1.29, 1.82) is 0 Å². The number of fused-ring (bicyclic) bond motifs is 1. The number of rotatable bonds is 0. The van der Waals surface area contributed by atoms with Gasteiger partial charge in [-0.05, 0) is 12.1 Å². The minimum atomic E-state index is 0.863. The quantitative estimate of drug-likeness (QED) is 0.486. The van der Waals surface area contributed by atoms with Gasteiger partial charge in [-0.25, -0.2) is 0 Å². The molecular formula is C8H8N2OS. The summed E-state index contributed by atoms with van der Waals surface area (Å²) in [7, 11) is 1.85. The summed E-state index contributed by atoms with van der Waals surface area (Å²) in [5.74, 6) is 1.73. The van der Waals surface area contributed by atoms with Crippen molar-refractivity contribution in [3.05, 3.63) is 29.8 Å². The van der Waals surface area contributed by atoms with Crippen LogP contribution in [0.5, 0.6) is 5.75 Å². The Hall–Kier alpha value is -1.16. The largest absolute Gasteiger partial charge is 0.403 e. The van der Waals surface area contributed by atoms with Crippen LogP contribution in [0.25, 0.3) is 0 Å². The fourth-order valence-corrected chi connectivity index (χ4v) is 1.59. The van der Waals surface area contributed by atoms with E-state index in [0.717, 1.165) is 29.4 Å². The van der Waals surface area contributed by atoms with Gasteiger partial charge in [0.05, 0.1) is 5.56 Å². The molecule has 1 aromatic carbocycles. The van der Waals surface area contributed by atoms with E-state index in [1.54, 1.807) is 0 Å². The molecule has 1 N–H and O–H groups in total. The fraction of sp³-hybridized carbons (Fsp3) is 0.125. The van der Waals surface area contributed by atoms with E-state index < -0.39 is 0 Å². The van der Waals surface area contributed by atoms with Gasteiger partial charge in [-0.1, -0.05) is 12.1 Å². The summed E-state index contributed by atoms with van der Waals surface area (Å²) < 4.78 is 9.33. The summed E-state index contributed by atoms with van der Waals surface area (Å²) in [5.41, 5.74) is 1.01. The van der Waals surface area contributed by atoms with Gasteiger partial charge in [0.1, 0.15) is 5.84 Å². The molecule has 0 bridgehead atoms. The number of benzene rings is 1. The van der Waals surface area contributed by atoms with Crippen LogP contribution in [0.1, 0.15) is 5.56 Å². The average Bonchev–Trinajstić information content (AvgIpc) is 2.17. The molecule has 1 aliphatic heterocycles. The second-order valence-corrected chi connectivity index (χ2v) is 2.84. The normalized spacial score (nSPS) is 14.2. The Kier molecular flexibility index (Phi) is 1.91. The number of hydrogen-bond donors (Lipinski definition) is 1. The molecule has 3 nitrogen and oxygen atoms in total. The van der Waals surface area contributed by atoms with Crippen LogP contribution in [-0.4, -0.2) is 12.9 Å². The SMILES string of the molecule is CNC1=NSOc2ccccc21. The first-order chi connectivity index (χ1) is 5.92. The number of para-hydroxylation sites is 1. The highest BCUT2D eigenvalue weighted by Crippen LogP contribution is 2.27. The third-order valence-corrected chi connectivity index (χ3v) is 2.15. The number of amidine groups is 1. The van der Waals surface area contributed by atoms with Crippen molar-refractivity contribution in [1.82, 2.24) is 5.32 Å². The van der Waals surface area contributed by atoms with Crippen LogP contribution in [-0.2, 0) is 0 Å². The zero-order valence-corrected chi connectivity index (χ0v) is 7.39. The van der Waals surface area contributed by atoms with E-state index in [1.165, 1.54) is 0 Å². The van der Waals surface area contributed by atoms with Gasteiger partial charge in [0, 0.05) is 7.05 Å². The summed E-state index contributed by atoms with van der Waals surface area (Å²) in [6, 6.07) is 7.81. The van der Waals surface area contributed by atoms with Crippen LogP contribution >= 0.6 is 12.2 Å². The summed E-state index contributed by atoms with van der Waals surface area (Å²) in [6.07, 6.45) is 0. The van der Waals surface area contributed by atoms with Crippen molar-refractivity contribution in [2.75, 3.05) is 7.05 Å². The molecule has 4 heteroatoms. The summed E-state index contributed by atoms with van der Waals surface area (Å²) in [5, 5.41) is 3.01. The highest BCUT2D eigenvalue weighted by molar-refractivity contribution is 7.93. The van der Waals surface area contributed by atoms with Crippen LogP contribution in [0, 0.1) is 0 Å². The lowest BCUT2D eigenvalue weighted by Crippen LogP contribution is -2.21. The molecule has 0 saturated heterocycles. The first-order valence-electron chi connectivity index (χ1n) is 3.60. The molecule has 0 atom stereocenters. The lowest BCUT2D eigenvalue weighted by molar-refractivity contribution is 0.640. The molecule has 0 aromatic heterocycles. The topological polar surface area (TPSA) is 33.6 Å². The van der Waals surface area contributed by atoms with E-state index in [-0.39, 0.29) is 0 Å². The fourth-order valence-electron chi connectivity index (χ4n) is 1.06. The molecule has 62 valence electrons. The van der Waals surface area contributed by atoms with E-state index in [2.05, 4.69) is 9.71 Å². The minimum Gasteiger partial charge on any atom is -0.403 e. The maximum atomic E-state index is 5.24. The molecule has 1 heterocycles. The van der Waals surface area contributed by atoms with Crippen LogP contribution in [0.3, 0.4) is 0 Å². The van der Waals surface area contributed by atoms with Gasteiger partial charge < -0.3 is 9.50 Å². The van der Waals surface area contributed by atoms with Crippen molar-refractivity contribution in [3.8, 4) is 5.75 Å². The Morgan fingerprint density at radius 3 is 3.08 bits per heavy atom. The maximum Gasteiger partial charge on any atom is 0.203 e. The van der Waals surface area contributed by atoms with E-state index in [4.69, 9.17) is 4.18 Å². The maximum absolute atomic E-state index is 5.24. The van der Waals surface area contributed by atoms with Crippen molar-refractivity contribution in [2.45, 2.75) is 0 Å². The molecular weight excluding hydrogens is 172 g/mol. The Labute approximate surface area is 75.2 Å². The summed E-state index contributed by atoms with van der Waals surface area (Å²) in [6.45, 7) is 0. The smallest absolute Gasteiger partial charge is 0.203 e. The van der Waals surface area contributed by atoms with Gasteiger partial charge in [0.25, 0.3) is 0 Å². The van der Waals surface area contributed by atoms with E-state index >= 15 is 0 Å². The third-order valence-electron chi connectivity index (χ3n) is 1.63. The molecule has 0 aliphatic carbocycles. The van der Waals surface area contributed by atoms with Crippen LogP contribution in [0.15, 0.2) is 28.7 Å². The van der Waals surface area contributed by atoms with Crippen LogP contribution < -0.4 is 9.50 Å². The predicted octanol–water partition coefficient (Wildman–Crippen LogP) is 1.61. The second kappa shape index (κ2) is 3.06. The van der Waals surface area contributed by atoms with Gasteiger partial charge in [-0.2, -0.15) is 4.40 Å². The van der Waals surface area contributed by atoms with E-state index in [0.29, 0.717) is 0 Å². The van der Waals surface area contributed by atoms with E-state index in [9.17, 15) is 0 Å². The van der Waals surface area contributed by atoms with E-state index in [1.807, 2.05) is 31.3 Å². The van der Waals surface area contributed by atoms with Gasteiger partial charge in [-0.3, -0.25) is 0 Å². The number of nitrogens with one attached hydrogen (secondary N) is 1. The number of hydrogen-bond acceptors (Lipinski definition) is 4. The summed E-state index contributed by atoms with van der Waals surface area (Å²) >= 11 is 1.10. The average molecular weight is 180 g/mol. The molecule has 2 rings (SSSR count). The van der Waals surface area contributed by atoms with Crippen molar-refractivity contribution in [2.24, 2.45) is 4.40 Å². The number of nitrogens with zero attached hydrogens (tertiary/aromatic N) is 1. The second-order valence-electron chi connectivity index (χ2n) is 2.34. The molecule has 0 saturated carbocycles. The Balaban J connectivity index is 2.48. The standard InChI is InChI=1S/C8H8N2OS/c1-9-8-6-4-2-3-5-7(6)11-12-10-8/h2-5H,1H3,(H,9,10). The molecule has 1 aliphatic rings. The first-order valence-corrected chi connectivity index (χ1v) is 4.30. The Bertz CT molecular complexity index is 325. The Morgan fingerprint density at radius 1 is 1.42 bits per heavy atom. The predicted molar refractivity (Wildman–Crippen MR) is 50.3 cm³/mol. The minimum absolute atomic E-state index is 0.863. The molecule has 0 unspecified atom stereocenters. The van der Waals surface area contributed by atoms with Gasteiger partial charge in [0.2, 0.25) is 12.2 Å². The van der Waals surface area contributed by atoms with Crippen molar-refractivity contribution < 1.29 is 4.18 Å². The highest BCUT2D eigenvalue weighted by Gasteiger charge is 2.13. The lowest BCUT2D eigenvalue weighted by Gasteiger charge is -2.14. The van der Waals surface area contributed by atoms with Gasteiger partial charge in [-0.15, -0.1) is 0 Å². The monoisotopic (exact) mass is 180 g/mol. The molecule has 1 aromatic rings. The van der Waals surface area contributed by atoms with Crippen molar-refractivity contribution >= 4 is 18.1 Å². The lowest BCUT2D eigenvalue weighted by atomic mass is 10.2. The third kappa shape index (κ3) is 1.14. The zero-order valence-electron chi connectivity index (χ0n) is 6.57. The van der Waals surface area contributed by atoms with Gasteiger partial charge in [0.15, 0.2) is 5.75 Å². The Morgan fingerprint density at radius 2 is 2.25 bits per heavy atom. The van der Waals surface area contributed by atoms with Crippen LogP contribution in [0.2, 0.25) is 0 Å². The van der Waals surface area contributed by atoms with Crippen molar-refractivity contribution in [3.63, 3.8) is 0 Å². The first kappa shape index (κ1) is 7.49. The van der Waals surface area contributed by atoms with Gasteiger partial charge >= 0.3 is 0 Å². The molecule has 0 spiro atoms. The summed E-state index contributed by atoms with van der Waals surface area (Å²) in [4.78, 5) is 0.